The number of piperidine rings is 1. The Kier molecular flexibility index (Phi) is 4.99. The lowest BCUT2D eigenvalue weighted by Crippen LogP contribution is -2.62. The highest BCUT2D eigenvalue weighted by Crippen LogP contribution is 2.35. The summed E-state index contributed by atoms with van der Waals surface area (Å²) in [4.78, 5) is 17.6. The molecule has 2 rings (SSSR count). The maximum Gasteiger partial charge on any atom is 0.240 e. The van der Waals surface area contributed by atoms with E-state index in [1.165, 1.54) is 12.8 Å². The van der Waals surface area contributed by atoms with Gasteiger partial charge in [0.25, 0.3) is 0 Å². The Morgan fingerprint density at radius 1 is 1.10 bits per heavy atom. The van der Waals surface area contributed by atoms with Gasteiger partial charge in [-0.05, 0) is 60.5 Å². The van der Waals surface area contributed by atoms with Crippen LogP contribution in [0.1, 0.15) is 59.3 Å². The molecule has 1 aliphatic carbocycles. The Balaban J connectivity index is 1.99. The second kappa shape index (κ2) is 6.25. The average molecular weight is 295 g/mol. The van der Waals surface area contributed by atoms with Gasteiger partial charge in [-0.15, -0.1) is 0 Å². The number of carbonyl (C=O) groups excluding carboxylic acids is 1. The second-order valence-corrected chi connectivity index (χ2v) is 7.78. The van der Waals surface area contributed by atoms with Gasteiger partial charge in [0.1, 0.15) is 0 Å². The van der Waals surface area contributed by atoms with E-state index in [0.717, 1.165) is 38.8 Å². The van der Waals surface area contributed by atoms with E-state index in [1.807, 2.05) is 0 Å². The van der Waals surface area contributed by atoms with Crippen LogP contribution in [-0.2, 0) is 4.79 Å². The quantitative estimate of drug-likeness (QED) is 0.864. The Bertz CT molecular complexity index is 364. The van der Waals surface area contributed by atoms with Crippen molar-refractivity contribution in [2.45, 2.75) is 76.4 Å². The molecule has 21 heavy (non-hydrogen) atoms. The van der Waals surface area contributed by atoms with Crippen molar-refractivity contribution in [3.63, 3.8) is 0 Å². The predicted molar refractivity (Wildman–Crippen MR) is 87.4 cm³/mol. The first-order chi connectivity index (χ1) is 9.79. The smallest absolute Gasteiger partial charge is 0.240 e. The molecule has 0 aromatic carbocycles. The Morgan fingerprint density at radius 3 is 2.05 bits per heavy atom. The SMILES string of the molecule is CC(C)N1CCC(C)(NC(=O)C2(N(C)C)CCCC2)CC1. The summed E-state index contributed by atoms with van der Waals surface area (Å²) in [5, 5.41) is 3.41. The minimum atomic E-state index is -0.266. The van der Waals surface area contributed by atoms with Crippen LogP contribution in [0.5, 0.6) is 0 Å². The lowest BCUT2D eigenvalue weighted by molar-refractivity contribution is -0.134. The van der Waals surface area contributed by atoms with Gasteiger partial charge >= 0.3 is 0 Å². The number of rotatable bonds is 4. The summed E-state index contributed by atoms with van der Waals surface area (Å²) < 4.78 is 0. The third-order valence-corrected chi connectivity index (χ3v) is 5.76. The molecule has 1 N–H and O–H groups in total. The number of hydrogen-bond acceptors (Lipinski definition) is 3. The minimum Gasteiger partial charge on any atom is -0.349 e. The number of nitrogens with one attached hydrogen (secondary N) is 1. The van der Waals surface area contributed by atoms with Crippen LogP contribution < -0.4 is 5.32 Å². The van der Waals surface area contributed by atoms with Crippen LogP contribution >= 0.6 is 0 Å². The van der Waals surface area contributed by atoms with E-state index < -0.39 is 0 Å². The van der Waals surface area contributed by atoms with E-state index in [9.17, 15) is 4.79 Å². The summed E-state index contributed by atoms with van der Waals surface area (Å²) in [6, 6.07) is 0.605. The first kappa shape index (κ1) is 16.8. The van der Waals surface area contributed by atoms with Gasteiger partial charge in [-0.3, -0.25) is 9.69 Å². The summed E-state index contributed by atoms with van der Waals surface area (Å²) in [6.07, 6.45) is 6.45. The van der Waals surface area contributed by atoms with E-state index in [-0.39, 0.29) is 17.0 Å². The number of hydrogen-bond donors (Lipinski definition) is 1. The zero-order valence-corrected chi connectivity index (χ0v) is 14.5. The second-order valence-electron chi connectivity index (χ2n) is 7.78. The van der Waals surface area contributed by atoms with Gasteiger partial charge in [-0.2, -0.15) is 0 Å². The molecule has 0 spiro atoms. The van der Waals surface area contributed by atoms with Crippen molar-refractivity contribution in [3.05, 3.63) is 0 Å². The lowest BCUT2D eigenvalue weighted by atomic mass is 9.86. The van der Waals surface area contributed by atoms with Crippen LogP contribution in [0.3, 0.4) is 0 Å². The van der Waals surface area contributed by atoms with Gasteiger partial charge in [-0.1, -0.05) is 12.8 Å². The van der Waals surface area contributed by atoms with E-state index in [0.29, 0.717) is 6.04 Å². The van der Waals surface area contributed by atoms with Crippen molar-refractivity contribution >= 4 is 5.91 Å². The lowest BCUT2D eigenvalue weighted by Gasteiger charge is -2.44. The highest BCUT2D eigenvalue weighted by molar-refractivity contribution is 5.87. The normalized spacial score (nSPS) is 25.5. The largest absolute Gasteiger partial charge is 0.349 e. The molecule has 0 bridgehead atoms. The zero-order chi connectivity index (χ0) is 15.7. The van der Waals surface area contributed by atoms with Gasteiger partial charge in [0.15, 0.2) is 0 Å². The maximum atomic E-state index is 12.9. The highest BCUT2D eigenvalue weighted by atomic mass is 16.2. The summed E-state index contributed by atoms with van der Waals surface area (Å²) >= 11 is 0. The Hall–Kier alpha value is -0.610. The number of amides is 1. The summed E-state index contributed by atoms with van der Waals surface area (Å²) in [5.41, 5.74) is -0.299. The minimum absolute atomic E-state index is 0.0337. The molecular formula is C17H33N3O. The molecule has 4 nitrogen and oxygen atoms in total. The third kappa shape index (κ3) is 3.42. The molecule has 1 saturated heterocycles. The molecule has 0 unspecified atom stereocenters. The van der Waals surface area contributed by atoms with Crippen LogP contribution in [0, 0.1) is 0 Å². The van der Waals surface area contributed by atoms with Gasteiger partial charge in [0.05, 0.1) is 5.54 Å². The van der Waals surface area contributed by atoms with Crippen LogP contribution in [0.25, 0.3) is 0 Å². The molecule has 4 heteroatoms. The standard InChI is InChI=1S/C17H33N3O/c1-14(2)20-12-10-16(3,11-13-20)18-15(21)17(19(4)5)8-6-7-9-17/h14H,6-13H2,1-5H3,(H,18,21). The predicted octanol–water partition coefficient (Wildman–Crippen LogP) is 2.24. The van der Waals surface area contributed by atoms with Crippen molar-refractivity contribution in [3.8, 4) is 0 Å². The molecule has 2 aliphatic rings. The first-order valence-corrected chi connectivity index (χ1v) is 8.53. The summed E-state index contributed by atoms with van der Waals surface area (Å²) in [6.45, 7) is 8.90. The van der Waals surface area contributed by atoms with E-state index in [2.05, 4.69) is 50.0 Å². The molecule has 1 aliphatic heterocycles. The number of likely N-dealkylation sites (tertiary alicyclic amines) is 1. The van der Waals surface area contributed by atoms with E-state index in [1.54, 1.807) is 0 Å². The fraction of sp³-hybridized carbons (Fsp3) is 0.941. The molecule has 0 aromatic rings. The number of nitrogens with zero attached hydrogens (tertiary/aromatic N) is 2. The van der Waals surface area contributed by atoms with Crippen molar-refractivity contribution in [1.29, 1.82) is 0 Å². The molecule has 1 amide bonds. The number of likely N-dealkylation sites (N-methyl/N-ethyl adjacent to an activating group) is 1. The summed E-state index contributed by atoms with van der Waals surface area (Å²) in [7, 11) is 4.10. The Morgan fingerprint density at radius 2 is 1.62 bits per heavy atom. The fourth-order valence-corrected chi connectivity index (χ4v) is 3.89. The average Bonchev–Trinajstić information content (AvgIpc) is 2.89. The molecule has 122 valence electrons. The van der Waals surface area contributed by atoms with Crippen molar-refractivity contribution in [2.24, 2.45) is 0 Å². The van der Waals surface area contributed by atoms with Gasteiger partial charge < -0.3 is 10.2 Å². The van der Waals surface area contributed by atoms with E-state index >= 15 is 0 Å². The Labute approximate surface area is 130 Å². The summed E-state index contributed by atoms with van der Waals surface area (Å²) in [5.74, 6) is 0.255. The topological polar surface area (TPSA) is 35.6 Å². The molecule has 1 saturated carbocycles. The van der Waals surface area contributed by atoms with Gasteiger partial charge in [0.2, 0.25) is 5.91 Å². The van der Waals surface area contributed by atoms with Crippen molar-refractivity contribution < 1.29 is 4.79 Å². The molecule has 1 heterocycles. The maximum absolute atomic E-state index is 12.9. The zero-order valence-electron chi connectivity index (χ0n) is 14.5. The van der Waals surface area contributed by atoms with E-state index in [4.69, 9.17) is 0 Å². The molecule has 0 aromatic heterocycles. The molecule has 2 fully saturated rings. The monoisotopic (exact) mass is 295 g/mol. The highest BCUT2D eigenvalue weighted by Gasteiger charge is 2.45. The van der Waals surface area contributed by atoms with Crippen LogP contribution in [-0.4, -0.2) is 60.0 Å². The van der Waals surface area contributed by atoms with Crippen LogP contribution in [0.4, 0.5) is 0 Å². The van der Waals surface area contributed by atoms with Crippen LogP contribution in [0.15, 0.2) is 0 Å². The number of carbonyl (C=O) groups is 1. The fourth-order valence-electron chi connectivity index (χ4n) is 3.89. The molecule has 0 radical (unpaired) electrons. The molecular weight excluding hydrogens is 262 g/mol. The van der Waals surface area contributed by atoms with Crippen molar-refractivity contribution in [2.75, 3.05) is 27.2 Å². The molecule has 0 atom stereocenters. The first-order valence-electron chi connectivity index (χ1n) is 8.53. The van der Waals surface area contributed by atoms with Gasteiger partial charge in [0, 0.05) is 24.7 Å². The van der Waals surface area contributed by atoms with Gasteiger partial charge in [-0.25, -0.2) is 0 Å². The third-order valence-electron chi connectivity index (χ3n) is 5.76. The van der Waals surface area contributed by atoms with Crippen LogP contribution in [0.2, 0.25) is 0 Å². The van der Waals surface area contributed by atoms with Crippen molar-refractivity contribution in [1.82, 2.24) is 15.1 Å².